The molecule has 1 aliphatic heterocycles. The van der Waals surface area contributed by atoms with Crippen molar-refractivity contribution < 1.29 is 5.11 Å². The molecule has 0 amide bonds. The molecule has 0 spiro atoms. The molecule has 4 heteroatoms. The van der Waals surface area contributed by atoms with Gasteiger partial charge in [-0.2, -0.15) is 0 Å². The summed E-state index contributed by atoms with van der Waals surface area (Å²) >= 11 is 1.88. The first-order valence-electron chi connectivity index (χ1n) is 7.68. The Morgan fingerprint density at radius 3 is 2.73 bits per heavy atom. The maximum Gasteiger partial charge on any atom is 0.118 e. The van der Waals surface area contributed by atoms with Gasteiger partial charge in [0.05, 0.1) is 0 Å². The Balaban J connectivity index is 0.00000144. The van der Waals surface area contributed by atoms with Crippen molar-refractivity contribution in [1.29, 1.82) is 0 Å². The largest absolute Gasteiger partial charge is 0.508 e. The van der Waals surface area contributed by atoms with Gasteiger partial charge in [0.25, 0.3) is 0 Å². The molecule has 2 aliphatic rings. The van der Waals surface area contributed by atoms with E-state index in [1.54, 1.807) is 0 Å². The summed E-state index contributed by atoms with van der Waals surface area (Å²) in [4.78, 5) is 4.00. The molecule has 0 saturated heterocycles. The van der Waals surface area contributed by atoms with Crippen LogP contribution in [0.2, 0.25) is 0 Å². The average molecular weight is 380 g/mol. The number of thiophene rings is 1. The van der Waals surface area contributed by atoms with E-state index in [0.717, 1.165) is 18.5 Å². The molecule has 1 unspecified atom stereocenters. The highest BCUT2D eigenvalue weighted by molar-refractivity contribution is 8.93. The van der Waals surface area contributed by atoms with Gasteiger partial charge in [0.15, 0.2) is 0 Å². The molecule has 118 valence electrons. The fraction of sp³-hybridized carbons (Fsp3) is 0.444. The van der Waals surface area contributed by atoms with Crippen LogP contribution in [-0.2, 0) is 11.8 Å². The Morgan fingerprint density at radius 1 is 1.32 bits per heavy atom. The van der Waals surface area contributed by atoms with Crippen molar-refractivity contribution in [1.82, 2.24) is 4.90 Å². The first-order valence-corrected chi connectivity index (χ1v) is 8.56. The third kappa shape index (κ3) is 2.32. The van der Waals surface area contributed by atoms with E-state index in [2.05, 4.69) is 35.5 Å². The molecular formula is C18H22BrNOS. The summed E-state index contributed by atoms with van der Waals surface area (Å²) in [5.41, 5.74) is 4.05. The van der Waals surface area contributed by atoms with Gasteiger partial charge in [-0.3, -0.25) is 4.90 Å². The number of nitrogens with zero attached hydrogens (tertiary/aromatic N) is 1. The molecule has 0 radical (unpaired) electrons. The zero-order valence-corrected chi connectivity index (χ0v) is 15.5. The maximum atomic E-state index is 10.2. The van der Waals surface area contributed by atoms with E-state index in [-0.39, 0.29) is 22.4 Å². The molecule has 1 fully saturated rings. The minimum Gasteiger partial charge on any atom is -0.508 e. The predicted octanol–water partition coefficient (Wildman–Crippen LogP) is 4.60. The molecule has 4 rings (SSSR count). The van der Waals surface area contributed by atoms with Gasteiger partial charge in [0, 0.05) is 22.9 Å². The van der Waals surface area contributed by atoms with Crippen molar-refractivity contribution in [3.63, 3.8) is 0 Å². The monoisotopic (exact) mass is 379 g/mol. The number of fused-ring (bicyclic) bond motifs is 1. The smallest absolute Gasteiger partial charge is 0.118 e. The van der Waals surface area contributed by atoms with Gasteiger partial charge in [0.2, 0.25) is 0 Å². The lowest BCUT2D eigenvalue weighted by Gasteiger charge is -2.40. The lowest BCUT2D eigenvalue weighted by atomic mass is 9.81. The highest BCUT2D eigenvalue weighted by Crippen LogP contribution is 2.61. The fourth-order valence-electron chi connectivity index (χ4n) is 3.98. The lowest BCUT2D eigenvalue weighted by Crippen LogP contribution is -2.39. The summed E-state index contributed by atoms with van der Waals surface area (Å²) in [6.07, 6.45) is 3.61. The first kappa shape index (κ1) is 16.0. The van der Waals surface area contributed by atoms with Crippen LogP contribution in [0.4, 0.5) is 0 Å². The Bertz CT molecular complexity index is 679. The molecular weight excluding hydrogens is 358 g/mol. The zero-order chi connectivity index (χ0) is 14.6. The number of hydrogen-bond acceptors (Lipinski definition) is 3. The van der Waals surface area contributed by atoms with Gasteiger partial charge in [0.1, 0.15) is 5.75 Å². The molecule has 1 aromatic heterocycles. The second kappa shape index (κ2) is 5.66. The zero-order valence-electron chi connectivity index (χ0n) is 13.0. The SMILES string of the molecule is Br.Cc1cc2c(cc1O)C(C1(c3cccs3)CC1)N(C)CC2. The molecule has 22 heavy (non-hydrogen) atoms. The van der Waals surface area contributed by atoms with E-state index in [4.69, 9.17) is 0 Å². The fourth-order valence-corrected chi connectivity index (χ4v) is 4.99. The van der Waals surface area contributed by atoms with Gasteiger partial charge in [-0.05, 0) is 67.4 Å². The van der Waals surface area contributed by atoms with E-state index < -0.39 is 0 Å². The second-order valence-corrected chi connectivity index (χ2v) is 7.55. The maximum absolute atomic E-state index is 10.2. The van der Waals surface area contributed by atoms with Gasteiger partial charge < -0.3 is 5.11 Å². The number of likely N-dealkylation sites (N-methyl/N-ethyl adjacent to an activating group) is 1. The number of halogens is 1. The molecule has 1 atom stereocenters. The molecule has 1 aromatic carbocycles. The van der Waals surface area contributed by atoms with Crippen molar-refractivity contribution in [3.05, 3.63) is 51.2 Å². The summed E-state index contributed by atoms with van der Waals surface area (Å²) in [6, 6.07) is 9.07. The summed E-state index contributed by atoms with van der Waals surface area (Å²) in [5, 5.41) is 12.4. The minimum atomic E-state index is 0. The van der Waals surface area contributed by atoms with Crippen molar-refractivity contribution in [2.75, 3.05) is 13.6 Å². The molecule has 1 aliphatic carbocycles. The molecule has 1 N–H and O–H groups in total. The van der Waals surface area contributed by atoms with Crippen molar-refractivity contribution in [2.24, 2.45) is 0 Å². The highest BCUT2D eigenvalue weighted by atomic mass is 79.9. The minimum absolute atomic E-state index is 0. The number of hydrogen-bond donors (Lipinski definition) is 1. The predicted molar refractivity (Wildman–Crippen MR) is 97.5 cm³/mol. The van der Waals surface area contributed by atoms with Crippen LogP contribution >= 0.6 is 28.3 Å². The van der Waals surface area contributed by atoms with Crippen molar-refractivity contribution in [2.45, 2.75) is 37.6 Å². The number of phenols is 1. The van der Waals surface area contributed by atoms with Crippen molar-refractivity contribution in [3.8, 4) is 5.75 Å². The summed E-state index contributed by atoms with van der Waals surface area (Å²) < 4.78 is 0. The van der Waals surface area contributed by atoms with Crippen LogP contribution in [0.3, 0.4) is 0 Å². The van der Waals surface area contributed by atoms with Crippen LogP contribution in [0, 0.1) is 6.92 Å². The third-order valence-corrected chi connectivity index (χ3v) is 6.34. The number of aromatic hydroxyl groups is 1. The number of aryl methyl sites for hydroxylation is 1. The van der Waals surface area contributed by atoms with Crippen molar-refractivity contribution >= 4 is 28.3 Å². The standard InChI is InChI=1S/C18H21NOS.BrH/c1-12-10-13-5-8-19(2)17(14(13)11-15(12)20)18(6-7-18)16-4-3-9-21-16;/h3-4,9-11,17,20H,5-8H2,1-2H3;1H. The van der Waals surface area contributed by atoms with E-state index in [1.807, 2.05) is 24.3 Å². The Morgan fingerprint density at radius 2 is 2.09 bits per heavy atom. The van der Waals surface area contributed by atoms with Crippen LogP contribution in [0.25, 0.3) is 0 Å². The molecule has 0 bridgehead atoms. The topological polar surface area (TPSA) is 23.5 Å². The molecule has 2 nitrogen and oxygen atoms in total. The summed E-state index contributed by atoms with van der Waals surface area (Å²) in [6.45, 7) is 3.10. The van der Waals surface area contributed by atoms with Crippen LogP contribution in [-0.4, -0.2) is 23.6 Å². The van der Waals surface area contributed by atoms with Crippen LogP contribution < -0.4 is 0 Å². The third-order valence-electron chi connectivity index (χ3n) is 5.25. The Labute approximate surface area is 146 Å². The normalized spacial score (nSPS) is 22.7. The second-order valence-electron chi connectivity index (χ2n) is 6.60. The Hall–Kier alpha value is -0.840. The number of phenolic OH excluding ortho intramolecular Hbond substituents is 1. The van der Waals surface area contributed by atoms with E-state index in [1.165, 1.54) is 28.8 Å². The lowest BCUT2D eigenvalue weighted by molar-refractivity contribution is 0.188. The van der Waals surface area contributed by atoms with E-state index >= 15 is 0 Å². The van der Waals surface area contributed by atoms with E-state index in [0.29, 0.717) is 11.8 Å². The highest BCUT2D eigenvalue weighted by Gasteiger charge is 2.54. The van der Waals surface area contributed by atoms with Gasteiger partial charge in [-0.1, -0.05) is 12.1 Å². The number of rotatable bonds is 2. The number of benzene rings is 1. The summed E-state index contributed by atoms with van der Waals surface area (Å²) in [7, 11) is 2.23. The molecule has 2 heterocycles. The molecule has 1 saturated carbocycles. The van der Waals surface area contributed by atoms with Gasteiger partial charge in [-0.25, -0.2) is 0 Å². The van der Waals surface area contributed by atoms with E-state index in [9.17, 15) is 5.11 Å². The van der Waals surface area contributed by atoms with Crippen LogP contribution in [0.15, 0.2) is 29.6 Å². The van der Waals surface area contributed by atoms with Crippen LogP contribution in [0.5, 0.6) is 5.75 Å². The quantitative estimate of drug-likeness (QED) is 0.823. The van der Waals surface area contributed by atoms with Crippen LogP contribution in [0.1, 0.15) is 40.5 Å². The average Bonchev–Trinajstić information content (AvgIpc) is 3.06. The molecule has 2 aromatic rings. The first-order chi connectivity index (χ1) is 10.1. The Kier molecular flexibility index (Phi) is 4.12. The van der Waals surface area contributed by atoms with Gasteiger partial charge >= 0.3 is 0 Å². The summed E-state index contributed by atoms with van der Waals surface area (Å²) in [5.74, 6) is 0.441. The van der Waals surface area contributed by atoms with Gasteiger partial charge in [-0.15, -0.1) is 28.3 Å².